The van der Waals surface area contributed by atoms with Crippen LogP contribution in [0.25, 0.3) is 17.5 Å². The summed E-state index contributed by atoms with van der Waals surface area (Å²) < 4.78 is 6.91. The lowest BCUT2D eigenvalue weighted by molar-refractivity contribution is -0.111. The molecule has 1 N–H and O–H groups in total. The summed E-state index contributed by atoms with van der Waals surface area (Å²) in [5.41, 5.74) is 3.00. The number of nitrogens with one attached hydrogen (secondary N) is 1. The molecule has 2 heterocycles. The normalized spacial score (nSPS) is 11.2. The molecule has 0 bridgehead atoms. The van der Waals surface area contributed by atoms with Crippen LogP contribution in [0.4, 0.5) is 5.69 Å². The van der Waals surface area contributed by atoms with Crippen molar-refractivity contribution in [1.82, 2.24) is 20.0 Å². The third kappa shape index (κ3) is 4.62. The second-order valence-corrected chi connectivity index (χ2v) is 6.37. The summed E-state index contributed by atoms with van der Waals surface area (Å²) in [5, 5.41) is 15.3. The minimum Gasteiger partial charge on any atom is -0.423 e. The van der Waals surface area contributed by atoms with Gasteiger partial charge in [-0.2, -0.15) is 5.10 Å². The van der Waals surface area contributed by atoms with Crippen molar-refractivity contribution in [3.63, 3.8) is 0 Å². The van der Waals surface area contributed by atoms with E-state index in [1.807, 2.05) is 6.92 Å². The molecule has 3 aromatic rings. The van der Waals surface area contributed by atoms with Crippen molar-refractivity contribution in [2.45, 2.75) is 33.2 Å². The summed E-state index contributed by atoms with van der Waals surface area (Å²) in [6, 6.07) is 7.13. The van der Waals surface area contributed by atoms with Crippen LogP contribution in [0.15, 0.2) is 41.2 Å². The highest BCUT2D eigenvalue weighted by atomic mass is 35.5. The molecule has 0 saturated heterocycles. The molecule has 1 amide bonds. The Morgan fingerprint density at radius 3 is 2.78 bits per heavy atom. The summed E-state index contributed by atoms with van der Waals surface area (Å²) in [5.74, 6) is 0.176. The molecular weight excluding hydrogens is 366 g/mol. The molecule has 27 heavy (non-hydrogen) atoms. The molecule has 0 fully saturated rings. The van der Waals surface area contributed by atoms with Gasteiger partial charge in [-0.15, -0.1) is 10.2 Å². The smallest absolute Gasteiger partial charge is 0.248 e. The van der Waals surface area contributed by atoms with Gasteiger partial charge in [0, 0.05) is 29.4 Å². The van der Waals surface area contributed by atoms with Crippen LogP contribution in [0.1, 0.15) is 31.0 Å². The molecule has 0 atom stereocenters. The molecule has 3 rings (SSSR count). The summed E-state index contributed by atoms with van der Waals surface area (Å²) in [7, 11) is 0. The number of carbonyl (C=O) groups is 1. The highest BCUT2D eigenvalue weighted by molar-refractivity contribution is 6.31. The van der Waals surface area contributed by atoms with Crippen LogP contribution in [0, 0.1) is 6.92 Å². The second-order valence-electron chi connectivity index (χ2n) is 6.01. The highest BCUT2D eigenvalue weighted by Gasteiger charge is 2.11. The first kappa shape index (κ1) is 18.8. The molecule has 0 aliphatic rings. The lowest BCUT2D eigenvalue weighted by Gasteiger charge is -2.03. The topological polar surface area (TPSA) is 85.8 Å². The van der Waals surface area contributed by atoms with Gasteiger partial charge in [0.2, 0.25) is 18.2 Å². The molecule has 0 saturated carbocycles. The zero-order valence-corrected chi connectivity index (χ0v) is 15.9. The zero-order valence-electron chi connectivity index (χ0n) is 15.1. The van der Waals surface area contributed by atoms with E-state index in [0.717, 1.165) is 36.2 Å². The number of unbranched alkanes of at least 4 members (excludes halogenated alkanes) is 1. The van der Waals surface area contributed by atoms with Gasteiger partial charge in [-0.05, 0) is 43.7 Å². The number of aromatic nitrogens is 4. The van der Waals surface area contributed by atoms with Crippen molar-refractivity contribution < 1.29 is 9.21 Å². The quantitative estimate of drug-likeness (QED) is 0.611. The van der Waals surface area contributed by atoms with Crippen molar-refractivity contribution in [1.29, 1.82) is 0 Å². The number of hydrogen-bond acceptors (Lipinski definition) is 5. The number of rotatable bonds is 7. The van der Waals surface area contributed by atoms with Crippen LogP contribution >= 0.6 is 11.6 Å². The highest BCUT2D eigenvalue weighted by Crippen LogP contribution is 2.22. The monoisotopic (exact) mass is 385 g/mol. The predicted octanol–water partition coefficient (Wildman–Crippen LogP) is 4.35. The Bertz CT molecular complexity index is 930. The molecular formula is C19H20ClN5O2. The Hall–Kier alpha value is -2.93. The van der Waals surface area contributed by atoms with Gasteiger partial charge in [0.05, 0.1) is 5.69 Å². The van der Waals surface area contributed by atoms with E-state index in [-0.39, 0.29) is 5.91 Å². The maximum Gasteiger partial charge on any atom is 0.248 e. The summed E-state index contributed by atoms with van der Waals surface area (Å²) >= 11 is 6.37. The molecule has 1 aromatic carbocycles. The first-order valence-corrected chi connectivity index (χ1v) is 9.05. The fourth-order valence-corrected chi connectivity index (χ4v) is 2.87. The molecule has 8 heteroatoms. The van der Waals surface area contributed by atoms with Gasteiger partial charge in [-0.25, -0.2) is 0 Å². The zero-order chi connectivity index (χ0) is 19.2. The van der Waals surface area contributed by atoms with Crippen LogP contribution in [0.3, 0.4) is 0 Å². The van der Waals surface area contributed by atoms with Gasteiger partial charge in [0.25, 0.3) is 0 Å². The minimum atomic E-state index is -0.252. The van der Waals surface area contributed by atoms with Crippen molar-refractivity contribution >= 4 is 29.3 Å². The van der Waals surface area contributed by atoms with Crippen molar-refractivity contribution in [3.8, 4) is 11.5 Å². The number of carbonyl (C=O) groups excluding carboxylic acids is 1. The number of amides is 1. The van der Waals surface area contributed by atoms with Gasteiger partial charge in [0.1, 0.15) is 5.15 Å². The number of anilines is 1. The van der Waals surface area contributed by atoms with Gasteiger partial charge in [-0.1, -0.05) is 24.9 Å². The van der Waals surface area contributed by atoms with Gasteiger partial charge < -0.3 is 9.73 Å². The number of nitrogens with zero attached hydrogens (tertiary/aromatic N) is 4. The number of hydrogen-bond donors (Lipinski definition) is 1. The molecule has 0 spiro atoms. The Morgan fingerprint density at radius 2 is 2.11 bits per heavy atom. The SMILES string of the molecule is CCCCn1nc(C)c(C=CC(=O)Nc2ccc(-c3nnco3)cc2)c1Cl. The van der Waals surface area contributed by atoms with Crippen LogP contribution in [-0.2, 0) is 11.3 Å². The Balaban J connectivity index is 1.64. The summed E-state index contributed by atoms with van der Waals surface area (Å²) in [4.78, 5) is 12.2. The Labute approximate surface area is 162 Å². The average Bonchev–Trinajstić information content (AvgIpc) is 3.28. The van der Waals surface area contributed by atoms with Gasteiger partial charge >= 0.3 is 0 Å². The first-order valence-electron chi connectivity index (χ1n) is 8.67. The van der Waals surface area contributed by atoms with Gasteiger partial charge in [0.15, 0.2) is 0 Å². The van der Waals surface area contributed by atoms with Crippen LogP contribution in [0.5, 0.6) is 0 Å². The number of aryl methyl sites for hydroxylation is 2. The summed E-state index contributed by atoms with van der Waals surface area (Å²) in [6.45, 7) is 4.76. The molecule has 0 unspecified atom stereocenters. The average molecular weight is 386 g/mol. The molecule has 2 aromatic heterocycles. The first-order chi connectivity index (χ1) is 13.1. The maximum absolute atomic E-state index is 12.2. The largest absolute Gasteiger partial charge is 0.423 e. The molecule has 0 aliphatic carbocycles. The predicted molar refractivity (Wildman–Crippen MR) is 104 cm³/mol. The maximum atomic E-state index is 12.2. The van der Waals surface area contributed by atoms with Crippen molar-refractivity contribution in [3.05, 3.63) is 53.1 Å². The van der Waals surface area contributed by atoms with E-state index in [1.165, 1.54) is 12.5 Å². The lowest BCUT2D eigenvalue weighted by Crippen LogP contribution is -2.07. The molecule has 7 nitrogen and oxygen atoms in total. The number of benzene rings is 1. The van der Waals surface area contributed by atoms with E-state index < -0.39 is 0 Å². The second kappa shape index (κ2) is 8.64. The van der Waals surface area contributed by atoms with E-state index in [1.54, 1.807) is 35.0 Å². The molecule has 0 aliphatic heterocycles. The Morgan fingerprint density at radius 1 is 1.33 bits per heavy atom. The van der Waals surface area contributed by atoms with Gasteiger partial charge in [-0.3, -0.25) is 9.48 Å². The standard InChI is InChI=1S/C19H20ClN5O2/c1-3-4-11-25-18(20)16(13(2)24-25)9-10-17(26)22-15-7-5-14(6-8-15)19-23-21-12-27-19/h5-10,12H,3-4,11H2,1-2H3,(H,22,26). The molecule has 0 radical (unpaired) electrons. The van der Waals surface area contributed by atoms with Crippen LogP contribution < -0.4 is 5.32 Å². The van der Waals surface area contributed by atoms with E-state index in [2.05, 4.69) is 27.5 Å². The van der Waals surface area contributed by atoms with E-state index in [9.17, 15) is 4.79 Å². The molecule has 140 valence electrons. The van der Waals surface area contributed by atoms with E-state index in [0.29, 0.717) is 16.7 Å². The van der Waals surface area contributed by atoms with Crippen LogP contribution in [0.2, 0.25) is 5.15 Å². The van der Waals surface area contributed by atoms with E-state index >= 15 is 0 Å². The van der Waals surface area contributed by atoms with Crippen LogP contribution in [-0.4, -0.2) is 25.9 Å². The van der Waals surface area contributed by atoms with E-state index in [4.69, 9.17) is 16.0 Å². The fraction of sp³-hybridized carbons (Fsp3) is 0.263. The number of halogens is 1. The third-order valence-electron chi connectivity index (χ3n) is 3.99. The lowest BCUT2D eigenvalue weighted by atomic mass is 10.2. The van der Waals surface area contributed by atoms with Crippen molar-refractivity contribution in [2.24, 2.45) is 0 Å². The van der Waals surface area contributed by atoms with Crippen molar-refractivity contribution in [2.75, 3.05) is 5.32 Å². The fourth-order valence-electron chi connectivity index (χ4n) is 2.55. The Kier molecular flexibility index (Phi) is 6.03. The minimum absolute atomic E-state index is 0.252. The third-order valence-corrected chi connectivity index (χ3v) is 4.39. The summed E-state index contributed by atoms with van der Waals surface area (Å²) in [6.07, 6.45) is 6.48.